The molecule has 2 heterocycles. The van der Waals surface area contributed by atoms with E-state index in [1.54, 1.807) is 0 Å². The number of aryl methyl sites for hydroxylation is 2. The largest absolute Gasteiger partial charge is 0.342 e. The molecule has 2 N–H and O–H groups in total. The van der Waals surface area contributed by atoms with Crippen molar-refractivity contribution in [3.05, 3.63) is 41.3 Å². The third-order valence-electron chi connectivity index (χ3n) is 4.19. The van der Waals surface area contributed by atoms with Crippen LogP contribution in [0.2, 0.25) is 0 Å². The smallest absolute Gasteiger partial charge is 0.106 e. The first-order valence-electron chi connectivity index (χ1n) is 7.54. The molecule has 1 unspecified atom stereocenters. The van der Waals surface area contributed by atoms with Crippen LogP contribution in [0.3, 0.4) is 0 Å². The molecule has 0 radical (unpaired) electrons. The highest BCUT2D eigenvalue weighted by Gasteiger charge is 2.15. The number of benzene rings is 1. The molecule has 0 bridgehead atoms. The summed E-state index contributed by atoms with van der Waals surface area (Å²) < 4.78 is 0. The van der Waals surface area contributed by atoms with Crippen LogP contribution >= 0.6 is 0 Å². The van der Waals surface area contributed by atoms with Crippen molar-refractivity contribution >= 4 is 0 Å². The number of imidazole rings is 1. The van der Waals surface area contributed by atoms with Crippen LogP contribution in [0.4, 0.5) is 0 Å². The third kappa shape index (κ3) is 2.93. The van der Waals surface area contributed by atoms with E-state index in [1.807, 2.05) is 6.20 Å². The number of rotatable bonds is 3. The van der Waals surface area contributed by atoms with E-state index >= 15 is 0 Å². The Morgan fingerprint density at radius 1 is 1.30 bits per heavy atom. The van der Waals surface area contributed by atoms with E-state index in [4.69, 9.17) is 0 Å². The minimum Gasteiger partial charge on any atom is -0.342 e. The number of aromatic nitrogens is 2. The molecule has 1 fully saturated rings. The van der Waals surface area contributed by atoms with Gasteiger partial charge in [0, 0.05) is 12.0 Å². The van der Waals surface area contributed by atoms with E-state index < -0.39 is 0 Å². The topological polar surface area (TPSA) is 40.7 Å². The Bertz CT molecular complexity index is 580. The van der Waals surface area contributed by atoms with Gasteiger partial charge in [0.25, 0.3) is 0 Å². The predicted molar refractivity (Wildman–Crippen MR) is 82.8 cm³/mol. The summed E-state index contributed by atoms with van der Waals surface area (Å²) in [7, 11) is 0. The van der Waals surface area contributed by atoms with Gasteiger partial charge in [-0.15, -0.1) is 0 Å². The fraction of sp³-hybridized carbons (Fsp3) is 0.471. The van der Waals surface area contributed by atoms with Crippen LogP contribution in [0.1, 0.15) is 29.8 Å². The Kier molecular flexibility index (Phi) is 3.88. The molecule has 1 atom stereocenters. The number of piperidine rings is 1. The summed E-state index contributed by atoms with van der Waals surface area (Å²) in [5.41, 5.74) is 5.00. The van der Waals surface area contributed by atoms with Gasteiger partial charge in [-0.2, -0.15) is 0 Å². The van der Waals surface area contributed by atoms with Crippen molar-refractivity contribution in [2.45, 2.75) is 33.1 Å². The summed E-state index contributed by atoms with van der Waals surface area (Å²) in [6.45, 7) is 6.58. The molecule has 1 aliphatic heterocycles. The van der Waals surface area contributed by atoms with E-state index in [2.05, 4.69) is 47.3 Å². The Labute approximate surface area is 120 Å². The van der Waals surface area contributed by atoms with Crippen molar-refractivity contribution in [3.8, 4) is 11.3 Å². The van der Waals surface area contributed by atoms with Gasteiger partial charge in [-0.3, -0.25) is 0 Å². The van der Waals surface area contributed by atoms with Gasteiger partial charge < -0.3 is 10.3 Å². The van der Waals surface area contributed by atoms with E-state index in [0.717, 1.165) is 30.4 Å². The molecule has 0 amide bonds. The van der Waals surface area contributed by atoms with E-state index in [9.17, 15) is 0 Å². The first-order valence-corrected chi connectivity index (χ1v) is 7.54. The molecule has 1 saturated heterocycles. The summed E-state index contributed by atoms with van der Waals surface area (Å²) in [4.78, 5) is 8.08. The van der Waals surface area contributed by atoms with Crippen molar-refractivity contribution in [2.24, 2.45) is 5.92 Å². The number of H-pyrrole nitrogens is 1. The van der Waals surface area contributed by atoms with E-state index in [0.29, 0.717) is 0 Å². The second-order valence-corrected chi connectivity index (χ2v) is 5.98. The average Bonchev–Trinajstić information content (AvgIpc) is 2.91. The van der Waals surface area contributed by atoms with Crippen LogP contribution in [-0.2, 0) is 6.42 Å². The molecule has 3 nitrogen and oxygen atoms in total. The van der Waals surface area contributed by atoms with Crippen LogP contribution in [0, 0.1) is 19.8 Å². The van der Waals surface area contributed by atoms with Gasteiger partial charge in [0.1, 0.15) is 5.82 Å². The van der Waals surface area contributed by atoms with Crippen LogP contribution in [-0.4, -0.2) is 23.1 Å². The maximum Gasteiger partial charge on any atom is 0.106 e. The van der Waals surface area contributed by atoms with Gasteiger partial charge in [-0.1, -0.05) is 17.7 Å². The molecule has 20 heavy (non-hydrogen) atoms. The van der Waals surface area contributed by atoms with Crippen molar-refractivity contribution in [2.75, 3.05) is 13.1 Å². The number of hydrogen-bond acceptors (Lipinski definition) is 2. The first-order chi connectivity index (χ1) is 9.72. The maximum absolute atomic E-state index is 4.57. The molecule has 3 heteroatoms. The van der Waals surface area contributed by atoms with Gasteiger partial charge >= 0.3 is 0 Å². The van der Waals surface area contributed by atoms with Crippen molar-refractivity contribution in [3.63, 3.8) is 0 Å². The molecule has 2 aromatic rings. The van der Waals surface area contributed by atoms with Crippen LogP contribution < -0.4 is 5.32 Å². The van der Waals surface area contributed by atoms with Gasteiger partial charge in [-0.25, -0.2) is 4.98 Å². The standard InChI is InChI=1S/C17H23N3/c1-12-5-6-13(2)15(8-12)16-11-19-17(20-16)9-14-4-3-7-18-10-14/h5-6,8,11,14,18H,3-4,7,9-10H2,1-2H3,(H,19,20). The summed E-state index contributed by atoms with van der Waals surface area (Å²) in [6, 6.07) is 6.56. The Balaban J connectivity index is 1.77. The monoisotopic (exact) mass is 269 g/mol. The quantitative estimate of drug-likeness (QED) is 0.898. The van der Waals surface area contributed by atoms with E-state index in [-0.39, 0.29) is 0 Å². The first kappa shape index (κ1) is 13.4. The van der Waals surface area contributed by atoms with Crippen molar-refractivity contribution in [1.82, 2.24) is 15.3 Å². The highest BCUT2D eigenvalue weighted by atomic mass is 14.9. The maximum atomic E-state index is 4.57. The number of aromatic amines is 1. The van der Waals surface area contributed by atoms with Crippen LogP contribution in [0.25, 0.3) is 11.3 Å². The minimum atomic E-state index is 0.723. The van der Waals surface area contributed by atoms with Gasteiger partial charge in [0.15, 0.2) is 0 Å². The van der Waals surface area contributed by atoms with Gasteiger partial charge in [-0.05, 0) is 57.3 Å². The Morgan fingerprint density at radius 3 is 3.00 bits per heavy atom. The Hall–Kier alpha value is -1.61. The lowest BCUT2D eigenvalue weighted by atomic mass is 9.96. The minimum absolute atomic E-state index is 0.723. The number of hydrogen-bond donors (Lipinski definition) is 2. The summed E-state index contributed by atoms with van der Waals surface area (Å²) in [5, 5.41) is 3.47. The zero-order chi connectivity index (χ0) is 13.9. The summed E-state index contributed by atoms with van der Waals surface area (Å²) in [6.07, 6.45) is 5.63. The molecule has 1 aromatic carbocycles. The molecule has 0 aliphatic carbocycles. The average molecular weight is 269 g/mol. The zero-order valence-electron chi connectivity index (χ0n) is 12.4. The van der Waals surface area contributed by atoms with Crippen molar-refractivity contribution in [1.29, 1.82) is 0 Å². The number of nitrogens with one attached hydrogen (secondary N) is 2. The lowest BCUT2D eigenvalue weighted by molar-refractivity contribution is 0.371. The van der Waals surface area contributed by atoms with E-state index in [1.165, 1.54) is 36.1 Å². The molecular weight excluding hydrogens is 246 g/mol. The second kappa shape index (κ2) is 5.80. The normalized spacial score (nSPS) is 19.2. The van der Waals surface area contributed by atoms with Gasteiger partial charge in [0.2, 0.25) is 0 Å². The zero-order valence-corrected chi connectivity index (χ0v) is 12.4. The van der Waals surface area contributed by atoms with Crippen molar-refractivity contribution < 1.29 is 0 Å². The highest BCUT2D eigenvalue weighted by molar-refractivity contribution is 5.63. The lowest BCUT2D eigenvalue weighted by Gasteiger charge is -2.21. The molecule has 106 valence electrons. The fourth-order valence-electron chi connectivity index (χ4n) is 3.00. The molecule has 0 spiro atoms. The summed E-state index contributed by atoms with van der Waals surface area (Å²) >= 11 is 0. The molecule has 1 aliphatic rings. The number of nitrogens with zero attached hydrogens (tertiary/aromatic N) is 1. The van der Waals surface area contributed by atoms with Gasteiger partial charge in [0.05, 0.1) is 11.9 Å². The van der Waals surface area contributed by atoms with Crippen LogP contribution in [0.15, 0.2) is 24.4 Å². The fourth-order valence-corrected chi connectivity index (χ4v) is 3.00. The summed E-state index contributed by atoms with van der Waals surface area (Å²) in [5.74, 6) is 1.84. The molecule has 0 saturated carbocycles. The SMILES string of the molecule is Cc1ccc(C)c(-c2cnc(CC3CCCNC3)[nH]2)c1. The molecule has 1 aromatic heterocycles. The second-order valence-electron chi connectivity index (χ2n) is 5.98. The van der Waals surface area contributed by atoms with Crippen LogP contribution in [0.5, 0.6) is 0 Å². The Morgan fingerprint density at radius 2 is 2.20 bits per heavy atom. The molecular formula is C17H23N3. The predicted octanol–water partition coefficient (Wildman–Crippen LogP) is 3.24. The third-order valence-corrected chi connectivity index (χ3v) is 4.19. The molecule has 3 rings (SSSR count). The highest BCUT2D eigenvalue weighted by Crippen LogP contribution is 2.24. The lowest BCUT2D eigenvalue weighted by Crippen LogP contribution is -2.31.